The van der Waals surface area contributed by atoms with E-state index in [4.69, 9.17) is 9.47 Å². The Hall–Kier alpha value is -2.67. The van der Waals surface area contributed by atoms with Crippen LogP contribution in [0.3, 0.4) is 0 Å². The molecule has 23 heavy (non-hydrogen) atoms. The predicted octanol–water partition coefficient (Wildman–Crippen LogP) is 1.91. The molecule has 0 saturated heterocycles. The van der Waals surface area contributed by atoms with Gasteiger partial charge in [0, 0.05) is 19.7 Å². The maximum Gasteiger partial charge on any atom is 0.270 e. The van der Waals surface area contributed by atoms with E-state index in [-0.39, 0.29) is 11.6 Å². The Balaban J connectivity index is 2.14. The standard InChI is InChI=1S/C16H20N4O3/c1-11-4-5-14(23-3)12(8-11)20-15-9-13(18-10-19-15)16(21)17-6-7-22-2/h4-5,8-10H,6-7H2,1-3H3,(H,17,21)(H,18,19,20). The molecule has 0 aliphatic heterocycles. The molecule has 1 aromatic carbocycles. The van der Waals surface area contributed by atoms with Gasteiger partial charge in [0.15, 0.2) is 0 Å². The molecule has 1 aromatic heterocycles. The predicted molar refractivity (Wildman–Crippen MR) is 87.3 cm³/mol. The summed E-state index contributed by atoms with van der Waals surface area (Å²) in [5, 5.41) is 5.86. The first kappa shape index (κ1) is 16.7. The van der Waals surface area contributed by atoms with E-state index in [2.05, 4.69) is 20.6 Å². The van der Waals surface area contributed by atoms with E-state index in [0.717, 1.165) is 11.3 Å². The molecule has 0 unspecified atom stereocenters. The molecule has 122 valence electrons. The third-order valence-electron chi connectivity index (χ3n) is 3.11. The zero-order chi connectivity index (χ0) is 16.7. The number of carbonyl (C=O) groups excluding carboxylic acids is 1. The molecule has 2 N–H and O–H groups in total. The van der Waals surface area contributed by atoms with Crippen molar-refractivity contribution in [3.05, 3.63) is 41.9 Å². The summed E-state index contributed by atoms with van der Waals surface area (Å²) in [6, 6.07) is 7.36. The third kappa shape index (κ3) is 4.65. The molecule has 0 saturated carbocycles. The smallest absolute Gasteiger partial charge is 0.270 e. The topological polar surface area (TPSA) is 85.4 Å². The number of amides is 1. The average Bonchev–Trinajstić information content (AvgIpc) is 2.55. The molecule has 1 amide bonds. The van der Waals surface area contributed by atoms with Crippen molar-refractivity contribution in [1.29, 1.82) is 0 Å². The lowest BCUT2D eigenvalue weighted by molar-refractivity contribution is 0.0932. The maximum absolute atomic E-state index is 12.0. The number of anilines is 2. The van der Waals surface area contributed by atoms with Gasteiger partial charge in [-0.2, -0.15) is 0 Å². The molecule has 0 bridgehead atoms. The van der Waals surface area contributed by atoms with E-state index in [1.165, 1.54) is 6.33 Å². The molecule has 2 rings (SSSR count). The molecular weight excluding hydrogens is 296 g/mol. The van der Waals surface area contributed by atoms with E-state index < -0.39 is 0 Å². The fourth-order valence-electron chi connectivity index (χ4n) is 1.96. The van der Waals surface area contributed by atoms with Crippen LogP contribution < -0.4 is 15.4 Å². The highest BCUT2D eigenvalue weighted by molar-refractivity contribution is 5.93. The van der Waals surface area contributed by atoms with Crippen LogP contribution in [0.2, 0.25) is 0 Å². The van der Waals surface area contributed by atoms with Crippen molar-refractivity contribution in [2.75, 3.05) is 32.7 Å². The lowest BCUT2D eigenvalue weighted by Crippen LogP contribution is -2.27. The number of nitrogens with zero attached hydrogens (tertiary/aromatic N) is 2. The lowest BCUT2D eigenvalue weighted by atomic mass is 10.2. The van der Waals surface area contributed by atoms with Crippen molar-refractivity contribution in [1.82, 2.24) is 15.3 Å². The largest absolute Gasteiger partial charge is 0.495 e. The Bertz CT molecular complexity index is 676. The first-order valence-electron chi connectivity index (χ1n) is 7.15. The van der Waals surface area contributed by atoms with Crippen LogP contribution in [0.15, 0.2) is 30.6 Å². The number of ether oxygens (including phenoxy) is 2. The van der Waals surface area contributed by atoms with Crippen LogP contribution in [0, 0.1) is 6.92 Å². The summed E-state index contributed by atoms with van der Waals surface area (Å²) in [5.41, 5.74) is 2.14. The molecule has 0 fully saturated rings. The highest BCUT2D eigenvalue weighted by Gasteiger charge is 2.10. The Morgan fingerprint density at radius 1 is 1.22 bits per heavy atom. The van der Waals surface area contributed by atoms with Gasteiger partial charge in [-0.25, -0.2) is 9.97 Å². The second-order valence-electron chi connectivity index (χ2n) is 4.87. The molecule has 0 aliphatic carbocycles. The molecule has 7 nitrogen and oxygen atoms in total. The molecular formula is C16H20N4O3. The monoisotopic (exact) mass is 316 g/mol. The summed E-state index contributed by atoms with van der Waals surface area (Å²) in [6.45, 7) is 2.86. The van der Waals surface area contributed by atoms with Gasteiger partial charge in [-0.15, -0.1) is 0 Å². The number of nitrogens with one attached hydrogen (secondary N) is 2. The molecule has 7 heteroatoms. The number of benzene rings is 1. The van der Waals surface area contributed by atoms with Crippen molar-refractivity contribution in [2.24, 2.45) is 0 Å². The van der Waals surface area contributed by atoms with Crippen molar-refractivity contribution < 1.29 is 14.3 Å². The van der Waals surface area contributed by atoms with Crippen LogP contribution >= 0.6 is 0 Å². The van der Waals surface area contributed by atoms with E-state index in [1.807, 2.05) is 25.1 Å². The van der Waals surface area contributed by atoms with Crippen molar-refractivity contribution in [3.63, 3.8) is 0 Å². The first-order valence-corrected chi connectivity index (χ1v) is 7.15. The summed E-state index contributed by atoms with van der Waals surface area (Å²) < 4.78 is 10.2. The van der Waals surface area contributed by atoms with Gasteiger partial charge in [-0.3, -0.25) is 4.79 Å². The molecule has 0 aliphatic rings. The second kappa shape index (κ2) is 8.09. The normalized spacial score (nSPS) is 10.2. The summed E-state index contributed by atoms with van der Waals surface area (Å²) >= 11 is 0. The summed E-state index contributed by atoms with van der Waals surface area (Å²) in [5.74, 6) is 0.935. The van der Waals surface area contributed by atoms with Crippen LogP contribution in [0.5, 0.6) is 5.75 Å². The Morgan fingerprint density at radius 2 is 2.04 bits per heavy atom. The van der Waals surface area contributed by atoms with Gasteiger partial charge in [0.05, 0.1) is 19.4 Å². The van der Waals surface area contributed by atoms with E-state index in [0.29, 0.717) is 24.7 Å². The van der Waals surface area contributed by atoms with Gasteiger partial charge >= 0.3 is 0 Å². The third-order valence-corrected chi connectivity index (χ3v) is 3.11. The molecule has 1 heterocycles. The van der Waals surface area contributed by atoms with Gasteiger partial charge in [-0.05, 0) is 24.6 Å². The number of rotatable bonds is 7. The Morgan fingerprint density at radius 3 is 2.78 bits per heavy atom. The zero-order valence-corrected chi connectivity index (χ0v) is 13.4. The number of carbonyl (C=O) groups is 1. The Labute approximate surface area is 135 Å². The van der Waals surface area contributed by atoms with Crippen molar-refractivity contribution >= 4 is 17.4 Å². The maximum atomic E-state index is 12.0. The summed E-state index contributed by atoms with van der Waals surface area (Å²) in [6.07, 6.45) is 1.34. The number of methoxy groups -OCH3 is 2. The van der Waals surface area contributed by atoms with Crippen LogP contribution in [-0.4, -0.2) is 43.2 Å². The fraction of sp³-hybridized carbons (Fsp3) is 0.312. The second-order valence-corrected chi connectivity index (χ2v) is 4.87. The van der Waals surface area contributed by atoms with Crippen molar-refractivity contribution in [3.8, 4) is 5.75 Å². The number of hydrogen-bond acceptors (Lipinski definition) is 6. The fourth-order valence-corrected chi connectivity index (χ4v) is 1.96. The number of aromatic nitrogens is 2. The van der Waals surface area contributed by atoms with Crippen LogP contribution in [0.4, 0.5) is 11.5 Å². The van der Waals surface area contributed by atoms with Gasteiger partial charge < -0.3 is 20.1 Å². The van der Waals surface area contributed by atoms with E-state index >= 15 is 0 Å². The molecule has 0 atom stereocenters. The SMILES string of the molecule is COCCNC(=O)c1cc(Nc2cc(C)ccc2OC)ncn1. The van der Waals surface area contributed by atoms with Crippen LogP contribution in [0.25, 0.3) is 0 Å². The molecule has 0 radical (unpaired) electrons. The average molecular weight is 316 g/mol. The van der Waals surface area contributed by atoms with Gasteiger partial charge in [-0.1, -0.05) is 6.07 Å². The van der Waals surface area contributed by atoms with Gasteiger partial charge in [0.2, 0.25) is 0 Å². The quantitative estimate of drug-likeness (QED) is 0.759. The minimum atomic E-state index is -0.274. The molecule has 2 aromatic rings. The highest BCUT2D eigenvalue weighted by atomic mass is 16.5. The summed E-state index contributed by atoms with van der Waals surface area (Å²) in [7, 11) is 3.18. The number of aryl methyl sites for hydroxylation is 1. The van der Waals surface area contributed by atoms with E-state index in [9.17, 15) is 4.79 Å². The van der Waals surface area contributed by atoms with Crippen LogP contribution in [-0.2, 0) is 4.74 Å². The zero-order valence-electron chi connectivity index (χ0n) is 13.4. The van der Waals surface area contributed by atoms with Crippen molar-refractivity contribution in [2.45, 2.75) is 6.92 Å². The minimum Gasteiger partial charge on any atom is -0.495 e. The highest BCUT2D eigenvalue weighted by Crippen LogP contribution is 2.27. The number of hydrogen-bond donors (Lipinski definition) is 2. The van der Waals surface area contributed by atoms with Crippen LogP contribution in [0.1, 0.15) is 16.1 Å². The van der Waals surface area contributed by atoms with Gasteiger partial charge in [0.25, 0.3) is 5.91 Å². The lowest BCUT2D eigenvalue weighted by Gasteiger charge is -2.12. The van der Waals surface area contributed by atoms with Gasteiger partial charge in [0.1, 0.15) is 23.6 Å². The summed E-state index contributed by atoms with van der Waals surface area (Å²) in [4.78, 5) is 20.1. The van der Waals surface area contributed by atoms with E-state index in [1.54, 1.807) is 20.3 Å². The minimum absolute atomic E-state index is 0.274. The Kier molecular flexibility index (Phi) is 5.87. The first-order chi connectivity index (χ1) is 11.1. The molecule has 0 spiro atoms.